The highest BCUT2D eigenvalue weighted by Crippen LogP contribution is 2.26. The minimum absolute atomic E-state index is 0.540. The van der Waals surface area contributed by atoms with E-state index in [0.717, 1.165) is 13.8 Å². The quantitative estimate of drug-likeness (QED) is 0.604. The van der Waals surface area contributed by atoms with E-state index in [4.69, 9.17) is 4.74 Å². The van der Waals surface area contributed by atoms with E-state index in [0.29, 0.717) is 6.61 Å². The number of halogens is 2. The van der Waals surface area contributed by atoms with E-state index in [-0.39, 0.29) is 0 Å². The molecular weight excluding hydrogens is 331 g/mol. The Balaban J connectivity index is 2.82. The van der Waals surface area contributed by atoms with Crippen LogP contribution in [0, 0.1) is 3.57 Å². The average molecular weight is 339 g/mol. The zero-order valence-corrected chi connectivity index (χ0v) is 10.1. The van der Waals surface area contributed by atoms with Crippen molar-refractivity contribution < 1.29 is 4.74 Å². The second-order valence-electron chi connectivity index (χ2n) is 2.17. The number of benzene rings is 1. The molecule has 0 atom stereocenters. The summed E-state index contributed by atoms with van der Waals surface area (Å²) in [6.45, 7) is 4.13. The summed E-state index contributed by atoms with van der Waals surface area (Å²) in [5.74, 6) is 0.863. The molecule has 0 spiro atoms. The number of hydrogen-bond acceptors (Lipinski definition) is 1. The molecule has 1 rings (SSSR count). The fourth-order valence-electron chi connectivity index (χ4n) is 0.737. The van der Waals surface area contributed by atoms with Crippen LogP contribution in [-0.4, -0.2) is 6.61 Å². The fraction of sp³-hybridized carbons (Fsp3) is 0.111. The molecule has 0 N–H and O–H groups in total. The summed E-state index contributed by atoms with van der Waals surface area (Å²) < 4.78 is 7.54. The van der Waals surface area contributed by atoms with Gasteiger partial charge in [-0.05, 0) is 56.7 Å². The smallest absolute Gasteiger partial charge is 0.135 e. The lowest BCUT2D eigenvalue weighted by molar-refractivity contribution is 0.360. The molecule has 0 aliphatic carbocycles. The molecule has 0 aliphatic heterocycles. The van der Waals surface area contributed by atoms with Crippen molar-refractivity contribution in [1.29, 1.82) is 0 Å². The molecule has 0 amide bonds. The predicted molar refractivity (Wildman–Crippen MR) is 62.6 cm³/mol. The largest absolute Gasteiger partial charge is 0.488 e. The molecule has 1 aromatic rings. The third-order valence-electron chi connectivity index (χ3n) is 1.25. The van der Waals surface area contributed by atoms with Gasteiger partial charge in [-0.2, -0.15) is 0 Å². The summed E-state index contributed by atoms with van der Waals surface area (Å²) in [5.41, 5.74) is 0. The lowest BCUT2D eigenvalue weighted by atomic mass is 10.3. The predicted octanol–water partition coefficient (Wildman–Crippen LogP) is 3.62. The van der Waals surface area contributed by atoms with Crippen LogP contribution in [0.15, 0.2) is 35.3 Å². The van der Waals surface area contributed by atoms with Crippen LogP contribution >= 0.6 is 38.5 Å². The monoisotopic (exact) mass is 338 g/mol. The first-order valence-corrected chi connectivity index (χ1v) is 5.30. The maximum atomic E-state index is 5.40. The van der Waals surface area contributed by atoms with Crippen molar-refractivity contribution in [3.05, 3.63) is 38.9 Å². The highest BCUT2D eigenvalue weighted by molar-refractivity contribution is 14.1. The second kappa shape index (κ2) is 4.87. The third-order valence-corrected chi connectivity index (χ3v) is 2.58. The minimum atomic E-state index is 0.540. The normalized spacial score (nSPS) is 9.50. The first-order valence-electron chi connectivity index (χ1n) is 3.43. The molecular formula is C9H8BrIO. The van der Waals surface area contributed by atoms with E-state index in [2.05, 4.69) is 45.1 Å². The number of hydrogen-bond donors (Lipinski definition) is 0. The molecule has 0 radical (unpaired) electrons. The summed E-state index contributed by atoms with van der Waals surface area (Å²) in [6, 6.07) is 5.97. The van der Waals surface area contributed by atoms with Gasteiger partial charge in [0.15, 0.2) is 0 Å². The second-order valence-corrected chi connectivity index (χ2v) is 4.27. The highest BCUT2D eigenvalue weighted by atomic mass is 127. The van der Waals surface area contributed by atoms with Gasteiger partial charge in [-0.25, -0.2) is 0 Å². The van der Waals surface area contributed by atoms with E-state index in [9.17, 15) is 0 Å². The van der Waals surface area contributed by atoms with Crippen LogP contribution in [0.5, 0.6) is 5.75 Å². The zero-order valence-electron chi connectivity index (χ0n) is 6.39. The SMILES string of the molecule is C=CCOc1cc(I)ccc1Br. The van der Waals surface area contributed by atoms with Crippen LogP contribution in [0.25, 0.3) is 0 Å². The molecule has 0 aromatic heterocycles. The molecule has 0 bridgehead atoms. The maximum absolute atomic E-state index is 5.40. The van der Waals surface area contributed by atoms with Gasteiger partial charge in [-0.15, -0.1) is 0 Å². The first kappa shape index (κ1) is 10.1. The van der Waals surface area contributed by atoms with Gasteiger partial charge in [0.2, 0.25) is 0 Å². The van der Waals surface area contributed by atoms with Crippen LogP contribution in [0.3, 0.4) is 0 Å². The van der Waals surface area contributed by atoms with E-state index in [1.807, 2.05) is 18.2 Å². The maximum Gasteiger partial charge on any atom is 0.135 e. The minimum Gasteiger partial charge on any atom is -0.488 e. The molecule has 64 valence electrons. The van der Waals surface area contributed by atoms with Gasteiger partial charge in [0.1, 0.15) is 12.4 Å². The van der Waals surface area contributed by atoms with Crippen LogP contribution < -0.4 is 4.74 Å². The summed E-state index contributed by atoms with van der Waals surface area (Å²) in [4.78, 5) is 0. The standard InChI is InChI=1S/C9H8BrIO/c1-2-5-12-9-6-7(11)3-4-8(9)10/h2-4,6H,1,5H2. The lowest BCUT2D eigenvalue weighted by Gasteiger charge is -2.05. The van der Waals surface area contributed by atoms with Crippen molar-refractivity contribution in [2.45, 2.75) is 0 Å². The van der Waals surface area contributed by atoms with Gasteiger partial charge in [-0.1, -0.05) is 12.7 Å². The Morgan fingerprint density at radius 2 is 2.33 bits per heavy atom. The van der Waals surface area contributed by atoms with Crippen molar-refractivity contribution in [2.75, 3.05) is 6.61 Å². The van der Waals surface area contributed by atoms with Crippen LogP contribution in [0.4, 0.5) is 0 Å². The Morgan fingerprint density at radius 3 is 3.00 bits per heavy atom. The molecule has 1 aromatic carbocycles. The van der Waals surface area contributed by atoms with Gasteiger partial charge in [0, 0.05) is 3.57 Å². The Labute approximate surface area is 94.1 Å². The van der Waals surface area contributed by atoms with Gasteiger partial charge < -0.3 is 4.74 Å². The molecule has 0 saturated carbocycles. The van der Waals surface area contributed by atoms with Crippen molar-refractivity contribution >= 4 is 38.5 Å². The summed E-state index contributed by atoms with van der Waals surface area (Å²) in [5, 5.41) is 0. The zero-order chi connectivity index (χ0) is 8.97. The van der Waals surface area contributed by atoms with Gasteiger partial charge in [-0.3, -0.25) is 0 Å². The first-order chi connectivity index (χ1) is 5.74. The van der Waals surface area contributed by atoms with Crippen molar-refractivity contribution in [3.63, 3.8) is 0 Å². The summed E-state index contributed by atoms with van der Waals surface area (Å²) in [6.07, 6.45) is 1.73. The Hall–Kier alpha value is -0.0300. The van der Waals surface area contributed by atoms with E-state index in [1.54, 1.807) is 6.08 Å². The molecule has 0 unspecified atom stereocenters. The third kappa shape index (κ3) is 2.79. The fourth-order valence-corrected chi connectivity index (χ4v) is 1.56. The summed E-state index contributed by atoms with van der Waals surface area (Å²) >= 11 is 5.65. The van der Waals surface area contributed by atoms with E-state index < -0.39 is 0 Å². The number of ether oxygens (including phenoxy) is 1. The topological polar surface area (TPSA) is 9.23 Å². The molecule has 0 fully saturated rings. The van der Waals surface area contributed by atoms with Gasteiger partial charge in [0.05, 0.1) is 4.47 Å². The summed E-state index contributed by atoms with van der Waals surface area (Å²) in [7, 11) is 0. The number of rotatable bonds is 3. The van der Waals surface area contributed by atoms with Crippen LogP contribution in [0.2, 0.25) is 0 Å². The molecule has 0 aliphatic rings. The van der Waals surface area contributed by atoms with Gasteiger partial charge in [0.25, 0.3) is 0 Å². The van der Waals surface area contributed by atoms with Crippen LogP contribution in [0.1, 0.15) is 0 Å². The lowest BCUT2D eigenvalue weighted by Crippen LogP contribution is -1.93. The van der Waals surface area contributed by atoms with E-state index in [1.165, 1.54) is 0 Å². The van der Waals surface area contributed by atoms with Crippen molar-refractivity contribution in [1.82, 2.24) is 0 Å². The van der Waals surface area contributed by atoms with Crippen LogP contribution in [-0.2, 0) is 0 Å². The Morgan fingerprint density at radius 1 is 1.58 bits per heavy atom. The average Bonchev–Trinajstić information content (AvgIpc) is 2.07. The molecule has 0 saturated heterocycles. The molecule has 12 heavy (non-hydrogen) atoms. The van der Waals surface area contributed by atoms with E-state index >= 15 is 0 Å². The molecule has 1 nitrogen and oxygen atoms in total. The molecule has 3 heteroatoms. The van der Waals surface area contributed by atoms with Gasteiger partial charge >= 0.3 is 0 Å². The molecule has 0 heterocycles. The highest BCUT2D eigenvalue weighted by Gasteiger charge is 1.99. The Kier molecular flexibility index (Phi) is 4.08. The van der Waals surface area contributed by atoms with Crippen molar-refractivity contribution in [3.8, 4) is 5.75 Å². The van der Waals surface area contributed by atoms with Crippen molar-refractivity contribution in [2.24, 2.45) is 0 Å². The Bertz CT molecular complexity index is 286.